The summed E-state index contributed by atoms with van der Waals surface area (Å²) in [6, 6.07) is 10.0. The zero-order valence-corrected chi connectivity index (χ0v) is 11.7. The molecule has 0 aromatic heterocycles. The number of methoxy groups -OCH3 is 1. The molecule has 1 aromatic carbocycles. The highest BCUT2D eigenvalue weighted by molar-refractivity contribution is 5.13. The molecule has 1 N–H and O–H groups in total. The summed E-state index contributed by atoms with van der Waals surface area (Å²) < 4.78 is 16.6. The lowest BCUT2D eigenvalue weighted by Crippen LogP contribution is -2.32. The van der Waals surface area contributed by atoms with Gasteiger partial charge in [0.2, 0.25) is 0 Å². The number of hydrogen-bond acceptors (Lipinski definition) is 4. The first kappa shape index (κ1) is 14.5. The Hall–Kier alpha value is -0.940. The second kappa shape index (κ2) is 6.48. The number of rotatable bonds is 5. The van der Waals surface area contributed by atoms with Gasteiger partial charge in [-0.3, -0.25) is 0 Å². The molecule has 4 nitrogen and oxygen atoms in total. The maximum absolute atomic E-state index is 9.96. The van der Waals surface area contributed by atoms with Crippen molar-refractivity contribution >= 4 is 0 Å². The van der Waals surface area contributed by atoms with Gasteiger partial charge in [-0.15, -0.1) is 0 Å². The molecule has 1 heterocycles. The molecular weight excluding hydrogens is 244 g/mol. The largest absolute Gasteiger partial charge is 0.387 e. The van der Waals surface area contributed by atoms with E-state index in [9.17, 15) is 5.11 Å². The van der Waals surface area contributed by atoms with Crippen molar-refractivity contribution in [2.24, 2.45) is 5.92 Å². The van der Waals surface area contributed by atoms with Crippen LogP contribution >= 0.6 is 0 Å². The molecule has 106 valence electrons. The highest BCUT2D eigenvalue weighted by Crippen LogP contribution is 2.30. The molecule has 5 atom stereocenters. The van der Waals surface area contributed by atoms with Gasteiger partial charge >= 0.3 is 0 Å². The van der Waals surface area contributed by atoms with Crippen LogP contribution in [-0.4, -0.2) is 36.8 Å². The van der Waals surface area contributed by atoms with Gasteiger partial charge in [0.1, 0.15) is 6.10 Å². The van der Waals surface area contributed by atoms with Crippen LogP contribution < -0.4 is 0 Å². The van der Waals surface area contributed by atoms with E-state index in [1.807, 2.05) is 44.2 Å². The van der Waals surface area contributed by atoms with Gasteiger partial charge in [-0.1, -0.05) is 37.3 Å². The number of aliphatic hydroxyl groups excluding tert-OH is 1. The van der Waals surface area contributed by atoms with Crippen molar-refractivity contribution in [1.29, 1.82) is 0 Å². The summed E-state index contributed by atoms with van der Waals surface area (Å²) in [5.41, 5.74) is 1.13. The first-order chi connectivity index (χ1) is 9.13. The molecule has 0 aliphatic carbocycles. The summed E-state index contributed by atoms with van der Waals surface area (Å²) in [5, 5.41) is 9.96. The molecule has 1 saturated heterocycles. The molecule has 1 fully saturated rings. The maximum Gasteiger partial charge on any atom is 0.183 e. The fourth-order valence-corrected chi connectivity index (χ4v) is 2.43. The lowest BCUT2D eigenvalue weighted by Gasteiger charge is -2.23. The quantitative estimate of drug-likeness (QED) is 0.885. The lowest BCUT2D eigenvalue weighted by molar-refractivity contribution is -0.168. The van der Waals surface area contributed by atoms with Crippen molar-refractivity contribution < 1.29 is 19.3 Å². The Morgan fingerprint density at radius 2 is 2.00 bits per heavy atom. The fraction of sp³-hybridized carbons (Fsp3) is 0.600. The van der Waals surface area contributed by atoms with Gasteiger partial charge in [0, 0.05) is 13.0 Å². The Labute approximate surface area is 114 Å². The van der Waals surface area contributed by atoms with Crippen LogP contribution in [0.4, 0.5) is 0 Å². The molecule has 4 heteroatoms. The molecule has 19 heavy (non-hydrogen) atoms. The Balaban J connectivity index is 1.88. The Morgan fingerprint density at radius 3 is 2.58 bits per heavy atom. The maximum atomic E-state index is 9.96. The predicted octanol–water partition coefficient (Wildman–Crippen LogP) is 1.96. The molecule has 1 aromatic rings. The summed E-state index contributed by atoms with van der Waals surface area (Å²) in [6.45, 7) is 4.47. The fourth-order valence-electron chi connectivity index (χ4n) is 2.43. The van der Waals surface area contributed by atoms with Gasteiger partial charge in [0.25, 0.3) is 0 Å². The third-order valence-corrected chi connectivity index (χ3v) is 3.68. The van der Waals surface area contributed by atoms with Gasteiger partial charge in [0.15, 0.2) is 6.29 Å². The summed E-state index contributed by atoms with van der Waals surface area (Å²) in [5.74, 6) is -0.00396. The van der Waals surface area contributed by atoms with Gasteiger partial charge in [-0.25, -0.2) is 0 Å². The van der Waals surface area contributed by atoms with Gasteiger partial charge in [-0.05, 0) is 12.5 Å². The smallest absolute Gasteiger partial charge is 0.183 e. The van der Waals surface area contributed by atoms with Gasteiger partial charge in [0.05, 0.1) is 18.8 Å². The molecule has 0 bridgehead atoms. The number of ether oxygens (including phenoxy) is 3. The molecule has 0 spiro atoms. The van der Waals surface area contributed by atoms with E-state index in [1.165, 1.54) is 0 Å². The monoisotopic (exact) mass is 266 g/mol. The van der Waals surface area contributed by atoms with E-state index in [0.717, 1.165) is 5.56 Å². The molecule has 0 unspecified atom stereocenters. The second-order valence-electron chi connectivity index (χ2n) is 5.06. The van der Waals surface area contributed by atoms with Gasteiger partial charge in [-0.2, -0.15) is 0 Å². The summed E-state index contributed by atoms with van der Waals surface area (Å²) >= 11 is 0. The lowest BCUT2D eigenvalue weighted by atomic mass is 9.97. The van der Waals surface area contributed by atoms with Crippen LogP contribution in [0, 0.1) is 5.92 Å². The third kappa shape index (κ3) is 3.34. The standard InChI is InChI=1S/C15H22O4/c1-10-13(16)15(17-3)19-14(10)11(2)18-9-12-7-5-4-6-8-12/h4-8,10-11,13-16H,9H2,1-3H3/t10-,11+,13+,14-,15+/m1/s1. The predicted molar refractivity (Wildman–Crippen MR) is 71.5 cm³/mol. The highest BCUT2D eigenvalue weighted by Gasteiger charge is 2.43. The summed E-state index contributed by atoms with van der Waals surface area (Å²) in [7, 11) is 1.54. The van der Waals surface area contributed by atoms with Crippen LogP contribution in [0.1, 0.15) is 19.4 Å². The van der Waals surface area contributed by atoms with E-state index in [2.05, 4.69) is 0 Å². The van der Waals surface area contributed by atoms with E-state index in [4.69, 9.17) is 14.2 Å². The van der Waals surface area contributed by atoms with Crippen molar-refractivity contribution in [1.82, 2.24) is 0 Å². The van der Waals surface area contributed by atoms with Crippen molar-refractivity contribution in [3.63, 3.8) is 0 Å². The van der Waals surface area contributed by atoms with Crippen LogP contribution in [0.3, 0.4) is 0 Å². The minimum absolute atomic E-state index is 0.00396. The molecule has 0 amide bonds. The molecule has 0 saturated carbocycles. The van der Waals surface area contributed by atoms with Crippen molar-refractivity contribution in [3.8, 4) is 0 Å². The number of benzene rings is 1. The molecule has 0 radical (unpaired) electrons. The average Bonchev–Trinajstić information content (AvgIpc) is 2.73. The third-order valence-electron chi connectivity index (χ3n) is 3.68. The van der Waals surface area contributed by atoms with Crippen molar-refractivity contribution in [3.05, 3.63) is 35.9 Å². The minimum Gasteiger partial charge on any atom is -0.387 e. The van der Waals surface area contributed by atoms with Crippen LogP contribution in [0.15, 0.2) is 30.3 Å². The normalized spacial score (nSPS) is 32.4. The van der Waals surface area contributed by atoms with Crippen LogP contribution in [-0.2, 0) is 20.8 Å². The number of aliphatic hydroxyl groups is 1. The Kier molecular flexibility index (Phi) is 4.93. The molecule has 2 rings (SSSR count). The minimum atomic E-state index is -0.599. The second-order valence-corrected chi connectivity index (χ2v) is 5.06. The first-order valence-corrected chi connectivity index (χ1v) is 6.65. The molecule has 1 aliphatic heterocycles. The Bertz CT molecular complexity index is 381. The van der Waals surface area contributed by atoms with Crippen molar-refractivity contribution in [2.45, 2.75) is 45.1 Å². The molecule has 1 aliphatic rings. The van der Waals surface area contributed by atoms with Crippen LogP contribution in [0.25, 0.3) is 0 Å². The summed E-state index contributed by atoms with van der Waals surface area (Å²) in [6.07, 6.45) is -1.39. The van der Waals surface area contributed by atoms with Gasteiger partial charge < -0.3 is 19.3 Å². The Morgan fingerprint density at radius 1 is 1.32 bits per heavy atom. The average molecular weight is 266 g/mol. The van der Waals surface area contributed by atoms with E-state index in [0.29, 0.717) is 6.61 Å². The number of hydrogen-bond donors (Lipinski definition) is 1. The van der Waals surface area contributed by atoms with Crippen molar-refractivity contribution in [2.75, 3.05) is 7.11 Å². The van der Waals surface area contributed by atoms with E-state index in [1.54, 1.807) is 7.11 Å². The first-order valence-electron chi connectivity index (χ1n) is 6.65. The SMILES string of the molecule is CO[C@H]1O[C@@H]([C@H](C)OCc2ccccc2)[C@H](C)[C@@H]1O. The van der Waals surface area contributed by atoms with E-state index >= 15 is 0 Å². The zero-order chi connectivity index (χ0) is 13.8. The highest BCUT2D eigenvalue weighted by atomic mass is 16.7. The summed E-state index contributed by atoms with van der Waals surface area (Å²) in [4.78, 5) is 0. The zero-order valence-electron chi connectivity index (χ0n) is 11.7. The van der Waals surface area contributed by atoms with Crippen LogP contribution in [0.2, 0.25) is 0 Å². The topological polar surface area (TPSA) is 47.9 Å². The van der Waals surface area contributed by atoms with E-state index < -0.39 is 12.4 Å². The molecular formula is C15H22O4. The van der Waals surface area contributed by atoms with Crippen LogP contribution in [0.5, 0.6) is 0 Å². The van der Waals surface area contributed by atoms with E-state index in [-0.39, 0.29) is 18.1 Å².